The molecule has 0 saturated carbocycles. The molecule has 128 valence electrons. The lowest BCUT2D eigenvalue weighted by molar-refractivity contribution is -0.124. The topological polar surface area (TPSA) is 66.5 Å². The maximum absolute atomic E-state index is 12.9. The number of carbonyl (C=O) groups excluding carboxylic acids is 1. The van der Waals surface area contributed by atoms with Crippen molar-refractivity contribution in [3.8, 4) is 0 Å². The molecule has 2 unspecified atom stereocenters. The zero-order chi connectivity index (χ0) is 17.2. The molecule has 1 amide bonds. The number of hydrogen-bond acceptors (Lipinski definition) is 4. The molecular weight excluding hydrogens is 468 g/mol. The highest BCUT2D eigenvalue weighted by Crippen LogP contribution is 2.33. The van der Waals surface area contributed by atoms with Crippen molar-refractivity contribution in [3.63, 3.8) is 0 Å². The number of carbonyl (C=O) groups is 1. The average molecular weight is 486 g/mol. The fourth-order valence-electron chi connectivity index (χ4n) is 2.12. The number of rotatable bonds is 5. The minimum atomic E-state index is -3.74. The first-order valence-electron chi connectivity index (χ1n) is 7.12. The third-order valence-electron chi connectivity index (χ3n) is 3.63. The number of halogens is 2. The molecule has 0 aromatic heterocycles. The van der Waals surface area contributed by atoms with Crippen LogP contribution in [0.25, 0.3) is 0 Å². The molecule has 0 radical (unpaired) electrons. The zero-order valence-electron chi connectivity index (χ0n) is 12.8. The van der Waals surface area contributed by atoms with Gasteiger partial charge in [0, 0.05) is 20.7 Å². The van der Waals surface area contributed by atoms with Gasteiger partial charge in [-0.2, -0.15) is 4.31 Å². The Labute approximate surface area is 157 Å². The minimum Gasteiger partial charge on any atom is -0.352 e. The zero-order valence-corrected chi connectivity index (χ0v) is 17.6. The fraction of sp³-hybridized carbons (Fsp3) is 0.500. The second kappa shape index (κ2) is 7.86. The Balaban J connectivity index is 2.29. The minimum absolute atomic E-state index is 0.0251. The molecule has 1 aliphatic heterocycles. The average Bonchev–Trinajstić information content (AvgIpc) is 2.96. The van der Waals surface area contributed by atoms with Crippen LogP contribution in [0.4, 0.5) is 0 Å². The molecule has 1 heterocycles. The summed E-state index contributed by atoms with van der Waals surface area (Å²) in [5, 5.41) is 2.87. The van der Waals surface area contributed by atoms with Crippen molar-refractivity contribution in [1.82, 2.24) is 9.62 Å². The van der Waals surface area contributed by atoms with Crippen LogP contribution in [0.5, 0.6) is 0 Å². The SMILES string of the molecule is CCC(C)NC(=O)C1CSCN1S(=O)(=O)c1ccc(Br)cc1Br. The highest BCUT2D eigenvalue weighted by molar-refractivity contribution is 9.11. The Bertz CT molecular complexity index is 697. The molecule has 23 heavy (non-hydrogen) atoms. The standard InChI is InChI=1S/C14H18Br2N2O3S2/c1-3-9(2)17-14(19)12-7-22-8-18(12)23(20,21)13-5-4-10(15)6-11(13)16/h4-6,9,12H,3,7-8H2,1-2H3,(H,17,19). The van der Waals surface area contributed by atoms with E-state index in [1.54, 1.807) is 12.1 Å². The van der Waals surface area contributed by atoms with Gasteiger partial charge in [0.25, 0.3) is 0 Å². The Morgan fingerprint density at radius 3 is 2.78 bits per heavy atom. The highest BCUT2D eigenvalue weighted by Gasteiger charge is 2.40. The van der Waals surface area contributed by atoms with Crippen LogP contribution in [0.15, 0.2) is 32.0 Å². The monoisotopic (exact) mass is 484 g/mol. The molecule has 1 N–H and O–H groups in total. The number of hydrogen-bond donors (Lipinski definition) is 1. The van der Waals surface area contributed by atoms with E-state index in [2.05, 4.69) is 37.2 Å². The van der Waals surface area contributed by atoms with Crippen LogP contribution in [-0.2, 0) is 14.8 Å². The predicted octanol–water partition coefficient (Wildman–Crippen LogP) is 3.19. The van der Waals surface area contributed by atoms with Gasteiger partial charge in [-0.15, -0.1) is 11.8 Å². The van der Waals surface area contributed by atoms with E-state index in [9.17, 15) is 13.2 Å². The van der Waals surface area contributed by atoms with Gasteiger partial charge in [-0.3, -0.25) is 4.79 Å². The number of benzene rings is 1. The van der Waals surface area contributed by atoms with Gasteiger partial charge in [-0.1, -0.05) is 22.9 Å². The van der Waals surface area contributed by atoms with E-state index in [1.807, 2.05) is 13.8 Å². The summed E-state index contributed by atoms with van der Waals surface area (Å²) in [6.45, 7) is 3.88. The van der Waals surface area contributed by atoms with Gasteiger partial charge < -0.3 is 5.32 Å². The maximum atomic E-state index is 12.9. The number of amides is 1. The second-order valence-corrected chi connectivity index (χ2v) is 9.93. The molecule has 0 aliphatic carbocycles. The summed E-state index contributed by atoms with van der Waals surface area (Å²) in [5.41, 5.74) is 0. The summed E-state index contributed by atoms with van der Waals surface area (Å²) in [6, 6.07) is 4.25. The van der Waals surface area contributed by atoms with Crippen LogP contribution < -0.4 is 5.32 Å². The van der Waals surface area contributed by atoms with Crippen molar-refractivity contribution >= 4 is 59.6 Å². The lowest BCUT2D eigenvalue weighted by Gasteiger charge is -2.24. The molecule has 1 fully saturated rings. The van der Waals surface area contributed by atoms with Crippen molar-refractivity contribution in [2.45, 2.75) is 37.2 Å². The fourth-order valence-corrected chi connectivity index (χ4v) is 6.98. The summed E-state index contributed by atoms with van der Waals surface area (Å²) in [6.07, 6.45) is 0.802. The third kappa shape index (κ3) is 4.31. The summed E-state index contributed by atoms with van der Waals surface area (Å²) in [5.74, 6) is 0.514. The number of nitrogens with zero attached hydrogens (tertiary/aromatic N) is 1. The number of nitrogens with one attached hydrogen (secondary N) is 1. The molecule has 9 heteroatoms. The molecule has 2 rings (SSSR count). The normalized spacial score (nSPS) is 20.4. The van der Waals surface area contributed by atoms with Gasteiger partial charge in [0.05, 0.1) is 10.8 Å². The van der Waals surface area contributed by atoms with Crippen LogP contribution in [0.3, 0.4) is 0 Å². The first-order valence-corrected chi connectivity index (χ1v) is 11.3. The van der Waals surface area contributed by atoms with Crippen molar-refractivity contribution in [2.75, 3.05) is 11.6 Å². The molecule has 1 aliphatic rings. The highest BCUT2D eigenvalue weighted by atomic mass is 79.9. The third-order valence-corrected chi connectivity index (χ3v) is 8.13. The summed E-state index contributed by atoms with van der Waals surface area (Å²) >= 11 is 8.05. The van der Waals surface area contributed by atoms with Crippen molar-refractivity contribution in [1.29, 1.82) is 0 Å². The van der Waals surface area contributed by atoms with Gasteiger partial charge >= 0.3 is 0 Å². The van der Waals surface area contributed by atoms with Crippen LogP contribution in [-0.4, -0.2) is 42.3 Å². The van der Waals surface area contributed by atoms with E-state index < -0.39 is 16.1 Å². The molecule has 1 aromatic carbocycles. The molecule has 5 nitrogen and oxygen atoms in total. The van der Waals surface area contributed by atoms with Gasteiger partial charge in [-0.25, -0.2) is 8.42 Å². The number of thioether (sulfide) groups is 1. The summed E-state index contributed by atoms with van der Waals surface area (Å²) < 4.78 is 28.4. The Morgan fingerprint density at radius 1 is 1.48 bits per heavy atom. The van der Waals surface area contributed by atoms with Gasteiger partial charge in [-0.05, 0) is 47.5 Å². The Morgan fingerprint density at radius 2 is 2.17 bits per heavy atom. The lowest BCUT2D eigenvalue weighted by Crippen LogP contribution is -2.49. The molecular formula is C14H18Br2N2O3S2. The van der Waals surface area contributed by atoms with Crippen molar-refractivity contribution in [2.24, 2.45) is 0 Å². The summed E-state index contributed by atoms with van der Waals surface area (Å²) in [7, 11) is -3.74. The molecule has 0 spiro atoms. The first kappa shape index (κ1) is 19.2. The van der Waals surface area contributed by atoms with Crippen LogP contribution in [0.1, 0.15) is 20.3 Å². The van der Waals surface area contributed by atoms with E-state index in [-0.39, 0.29) is 22.7 Å². The molecule has 1 saturated heterocycles. The van der Waals surface area contributed by atoms with Gasteiger partial charge in [0.15, 0.2) is 0 Å². The molecule has 1 aromatic rings. The number of sulfonamides is 1. The van der Waals surface area contributed by atoms with E-state index in [0.717, 1.165) is 10.9 Å². The Kier molecular flexibility index (Phi) is 6.57. The summed E-state index contributed by atoms with van der Waals surface area (Å²) in [4.78, 5) is 12.6. The maximum Gasteiger partial charge on any atom is 0.245 e. The van der Waals surface area contributed by atoms with E-state index in [1.165, 1.54) is 22.1 Å². The first-order chi connectivity index (χ1) is 10.8. The van der Waals surface area contributed by atoms with Crippen LogP contribution in [0.2, 0.25) is 0 Å². The van der Waals surface area contributed by atoms with E-state index in [0.29, 0.717) is 10.2 Å². The smallest absolute Gasteiger partial charge is 0.245 e. The van der Waals surface area contributed by atoms with E-state index in [4.69, 9.17) is 0 Å². The second-order valence-electron chi connectivity index (χ2n) is 5.30. The van der Waals surface area contributed by atoms with Crippen LogP contribution in [0, 0.1) is 0 Å². The Hall–Kier alpha value is -0.0900. The quantitative estimate of drug-likeness (QED) is 0.695. The van der Waals surface area contributed by atoms with Crippen LogP contribution >= 0.6 is 43.6 Å². The molecule has 2 atom stereocenters. The lowest BCUT2D eigenvalue weighted by atomic mass is 10.2. The molecule has 0 bridgehead atoms. The largest absolute Gasteiger partial charge is 0.352 e. The van der Waals surface area contributed by atoms with Crippen molar-refractivity contribution in [3.05, 3.63) is 27.1 Å². The van der Waals surface area contributed by atoms with Crippen molar-refractivity contribution < 1.29 is 13.2 Å². The van der Waals surface area contributed by atoms with E-state index >= 15 is 0 Å². The van der Waals surface area contributed by atoms with Gasteiger partial charge in [0.1, 0.15) is 6.04 Å². The van der Waals surface area contributed by atoms with Gasteiger partial charge in [0.2, 0.25) is 15.9 Å². The predicted molar refractivity (Wildman–Crippen MR) is 99.9 cm³/mol.